The number of likely N-dealkylation sites (N-methyl/N-ethyl adjacent to an activating group) is 1. The smallest absolute Gasteiger partial charge is 0.331 e. The zero-order chi connectivity index (χ0) is 60.6. The molecule has 6 N–H and O–H groups in total. The lowest BCUT2D eigenvalue weighted by molar-refractivity contribution is -0.410. The van der Waals surface area contributed by atoms with Crippen molar-refractivity contribution in [3.63, 3.8) is 0 Å². The number of carbonyl (C=O) groups excluding carboxylic acids is 2. The molecule has 3 aliphatic heterocycles. The third kappa shape index (κ3) is 6.90. The summed E-state index contributed by atoms with van der Waals surface area (Å²) >= 11 is 0. The summed E-state index contributed by atoms with van der Waals surface area (Å²) in [4.78, 5) is 30.8. The number of esters is 1. The van der Waals surface area contributed by atoms with Crippen LogP contribution in [0, 0.1) is 140 Å². The van der Waals surface area contributed by atoms with Crippen LogP contribution in [0.1, 0.15) is 155 Å². The Morgan fingerprint density at radius 2 is 1.60 bits per heavy atom. The van der Waals surface area contributed by atoms with Crippen molar-refractivity contribution >= 4 is 12.3 Å². The maximum absolute atomic E-state index is 16.5. The van der Waals surface area contributed by atoms with Gasteiger partial charge in [-0.2, -0.15) is 0 Å². The van der Waals surface area contributed by atoms with Crippen LogP contribution in [0.4, 0.5) is 0 Å². The first-order valence-electron chi connectivity index (χ1n) is 35.8. The molecule has 10 heteroatoms. The summed E-state index contributed by atoms with van der Waals surface area (Å²) in [5.41, 5.74) is -2.31. The fraction of sp³-hybridized carbons (Fsp3) is 0.650. The number of aliphatic hydroxyl groups is 5. The van der Waals surface area contributed by atoms with Gasteiger partial charge >= 0.3 is 5.97 Å². The molecule has 0 aromatic heterocycles. The van der Waals surface area contributed by atoms with Crippen LogP contribution in [-0.2, 0) is 44.9 Å². The van der Waals surface area contributed by atoms with Gasteiger partial charge in [0.15, 0.2) is 0 Å². The first-order chi connectivity index (χ1) is 43.8. The van der Waals surface area contributed by atoms with Gasteiger partial charge in [0, 0.05) is 70.9 Å². The molecule has 14 aliphatic carbocycles. The van der Waals surface area contributed by atoms with Crippen LogP contribution >= 0.6 is 0 Å². The summed E-state index contributed by atoms with van der Waals surface area (Å²) < 4.78 is 14.9. The Labute approximate surface area is 531 Å². The van der Waals surface area contributed by atoms with E-state index in [1.807, 2.05) is 25.2 Å². The lowest BCUT2D eigenvalue weighted by atomic mass is 9.28. The largest absolute Gasteiger partial charge is 0.454 e. The van der Waals surface area contributed by atoms with Gasteiger partial charge in [-0.15, -0.1) is 5.92 Å². The van der Waals surface area contributed by atoms with E-state index < -0.39 is 86.9 Å². The number of hydrogen-bond acceptors (Lipinski definition) is 10. The van der Waals surface area contributed by atoms with E-state index in [1.165, 1.54) is 29.4 Å². The Hall–Kier alpha value is -4.88. The second kappa shape index (κ2) is 19.6. The molecule has 20 rings (SSSR count). The van der Waals surface area contributed by atoms with Gasteiger partial charge in [0.1, 0.15) is 23.6 Å². The zero-order valence-electron chi connectivity index (χ0n) is 52.4. The number of rotatable bonds is 4. The maximum atomic E-state index is 16.5. The normalized spacial score (nSPS) is 51.9. The molecule has 17 aliphatic rings. The highest BCUT2D eigenvalue weighted by Gasteiger charge is 2.91. The topological polar surface area (TPSA) is 166 Å². The number of ether oxygens (including phenoxy) is 2. The van der Waals surface area contributed by atoms with Gasteiger partial charge < -0.3 is 45.1 Å². The highest BCUT2D eigenvalue weighted by molar-refractivity contribution is 5.86. The molecule has 29 atom stereocenters. The fourth-order valence-corrected chi connectivity index (χ4v) is 28.7. The molecular formula is C80H91NO9. The minimum Gasteiger partial charge on any atom is -0.454 e. The van der Waals surface area contributed by atoms with E-state index in [2.05, 4.69) is 95.7 Å². The third-order valence-electron chi connectivity index (χ3n) is 31.3. The Morgan fingerprint density at radius 3 is 2.44 bits per heavy atom. The number of fused-ring (bicyclic) bond motifs is 11. The van der Waals surface area contributed by atoms with Crippen LogP contribution in [0.2, 0.25) is 0 Å². The van der Waals surface area contributed by atoms with Gasteiger partial charge in [-0.25, -0.2) is 4.79 Å². The quantitative estimate of drug-likeness (QED) is 0.0641. The van der Waals surface area contributed by atoms with Crippen molar-refractivity contribution in [2.45, 2.75) is 195 Å². The van der Waals surface area contributed by atoms with E-state index in [0.29, 0.717) is 69.6 Å². The van der Waals surface area contributed by atoms with E-state index in [-0.39, 0.29) is 89.8 Å². The average molecular weight is 1210 g/mol. The molecule has 1 saturated heterocycles. The van der Waals surface area contributed by atoms with Crippen LogP contribution < -0.4 is 5.32 Å². The lowest BCUT2D eigenvalue weighted by Crippen LogP contribution is -2.89. The monoisotopic (exact) mass is 1210 g/mol. The molecule has 3 aromatic carbocycles. The number of carbonyl (C=O) groups is 2. The first kappa shape index (κ1) is 56.6. The highest BCUT2D eigenvalue weighted by Crippen LogP contribution is 2.87. The van der Waals surface area contributed by atoms with Gasteiger partial charge in [-0.05, 0) is 245 Å². The van der Waals surface area contributed by atoms with Crippen molar-refractivity contribution < 1.29 is 44.6 Å². The molecule has 10 nitrogen and oxygen atoms in total. The van der Waals surface area contributed by atoms with Crippen LogP contribution in [0.5, 0.6) is 0 Å². The second-order valence-corrected chi connectivity index (χ2v) is 33.3. The summed E-state index contributed by atoms with van der Waals surface area (Å²) in [6.45, 7) is -0.138. The molecule has 3 spiro atoms. The van der Waals surface area contributed by atoms with E-state index in [1.54, 1.807) is 6.08 Å². The second-order valence-electron chi connectivity index (χ2n) is 33.3. The van der Waals surface area contributed by atoms with Gasteiger partial charge in [-0.3, -0.25) is 0 Å². The number of aldehydes is 1. The molecule has 0 unspecified atom stereocenters. The highest BCUT2D eigenvalue weighted by atomic mass is 16.5. The molecule has 21 bridgehead atoms. The maximum Gasteiger partial charge on any atom is 0.331 e. The fourth-order valence-electron chi connectivity index (χ4n) is 28.7. The lowest BCUT2D eigenvalue weighted by Gasteiger charge is -2.79. The van der Waals surface area contributed by atoms with Gasteiger partial charge in [0.2, 0.25) is 0 Å². The van der Waals surface area contributed by atoms with Gasteiger partial charge in [0.25, 0.3) is 0 Å². The summed E-state index contributed by atoms with van der Waals surface area (Å²) in [5.74, 6) is 13.0. The van der Waals surface area contributed by atoms with E-state index in [9.17, 15) is 15.0 Å². The molecule has 0 amide bonds. The summed E-state index contributed by atoms with van der Waals surface area (Å²) in [6.07, 6.45) is 20.6. The minimum absolute atomic E-state index is 0.0571. The Morgan fingerprint density at radius 1 is 0.756 bits per heavy atom. The first-order valence-corrected chi connectivity index (χ1v) is 35.8. The Kier molecular flexibility index (Phi) is 12.3. The third-order valence-corrected chi connectivity index (χ3v) is 31.3. The zero-order valence-corrected chi connectivity index (χ0v) is 52.4. The van der Waals surface area contributed by atoms with Crippen molar-refractivity contribution in [1.82, 2.24) is 5.32 Å². The van der Waals surface area contributed by atoms with Crippen LogP contribution in [0.15, 0.2) is 96.6 Å². The number of benzene rings is 3. The van der Waals surface area contributed by atoms with Crippen LogP contribution in [0.3, 0.4) is 0 Å². The molecule has 3 heterocycles. The van der Waals surface area contributed by atoms with Crippen molar-refractivity contribution in [1.29, 1.82) is 0 Å². The number of hydrogen-bond donors (Lipinski definition) is 6. The molecule has 470 valence electrons. The van der Waals surface area contributed by atoms with Crippen molar-refractivity contribution in [3.8, 4) is 23.7 Å². The SMILES string of the molecule is CN[C@H]1Cc2c(cccc2CO)C#CCC[C@]23C[C@H]4C#CC[C@@H]5[C@@H](c6ccccc6)CC[C@]67CC[C@@H]8[C@@H]9Cc%10cccc(c%10)C[C@@H]%10CC[C@@H](C%10)[C@@H]%10CC=C[C@@H]%11C[C@@H]%12[C@@H](O9)[C@@]6(C[C@]6(C=O)[C@@H]4[C@@](O)([C@@H](O)[C@@H](C[C@H]%10%11)[C@]%126O)[C@@]2(O)C[C@H]2C[C@H]1[C@H]1OC(=O)C=C1[C@@H]23)[C@@H]8C[C@H]57. The van der Waals surface area contributed by atoms with Crippen molar-refractivity contribution in [3.05, 3.63) is 130 Å². The Balaban J connectivity index is 0.877. The van der Waals surface area contributed by atoms with Crippen molar-refractivity contribution in [2.24, 2.45) is 116 Å². The summed E-state index contributed by atoms with van der Waals surface area (Å²) in [6, 6.07) is 26.4. The van der Waals surface area contributed by atoms with E-state index in [4.69, 9.17) is 9.47 Å². The standard InChI is InChI=1S/C80H91NO9/c1-81-66-36-58-48(16-8-19-52(58)41-82)15-5-6-26-75-39-51-18-10-21-56-55(47-13-3-2-4-14-47)24-27-74-28-25-57-63(38-62(56)74)77(74)42-76(43-83)71(51)80(88,78(75,86)40-53-33-60(66)70-61(69(53)75)37-68(84)90-70)72(85)64-35-59-49-17-9-20-54(59)50-23-22-46(31-50)30-44-11-7-12-45(29-44)32-67(57)89-73(77)65(34-49)79(64,76)87/h2-4,7-9,11-14,16-17,19,29,37,43,46,49-51,53-57,59-60,62-67,69-73,81-82,85-88H,6,20-28,30-36,38-42H2,1H3/t46-,49+,50-,51+,53+,54-,55+,56+,57-,59-,60+,62+,63+,64+,65+,66-,67-,69+,70+,71+,72-,73+,74+,75+,76-,77+,78+,79-,80+/m0/s1. The molecule has 11 fully saturated rings. The number of aliphatic hydroxyl groups excluding tert-OH is 2. The number of nitrogens with one attached hydrogen (secondary N) is 1. The average Bonchev–Trinajstić information content (AvgIpc) is 1.24. The molecular weight excluding hydrogens is 1120 g/mol. The molecule has 3 aromatic rings. The van der Waals surface area contributed by atoms with Crippen molar-refractivity contribution in [2.75, 3.05) is 7.05 Å². The number of allylic oxidation sites excluding steroid dienone is 2. The predicted octanol–water partition coefficient (Wildman–Crippen LogP) is 10.2. The molecule has 0 radical (unpaired) electrons. The summed E-state index contributed by atoms with van der Waals surface area (Å²) in [7, 11) is 1.95. The Bertz CT molecular complexity index is 3710. The predicted molar refractivity (Wildman–Crippen MR) is 338 cm³/mol. The van der Waals surface area contributed by atoms with Crippen LogP contribution in [-0.4, -0.2) is 92.1 Å². The molecule has 10 saturated carbocycles. The van der Waals surface area contributed by atoms with Crippen LogP contribution in [0.25, 0.3) is 0 Å². The van der Waals surface area contributed by atoms with Gasteiger partial charge in [-0.1, -0.05) is 96.6 Å². The minimum atomic E-state index is -2.35. The molecule has 90 heavy (non-hydrogen) atoms. The van der Waals surface area contributed by atoms with E-state index >= 15 is 20.1 Å². The summed E-state index contributed by atoms with van der Waals surface area (Å²) in [5, 5.41) is 76.6. The van der Waals surface area contributed by atoms with Gasteiger partial charge in [0.05, 0.1) is 35.9 Å². The van der Waals surface area contributed by atoms with E-state index in [0.717, 1.165) is 86.5 Å².